The van der Waals surface area contributed by atoms with E-state index < -0.39 is 6.09 Å². The highest BCUT2D eigenvalue weighted by molar-refractivity contribution is 5.67. The van der Waals surface area contributed by atoms with Crippen molar-refractivity contribution in [3.63, 3.8) is 0 Å². The van der Waals surface area contributed by atoms with E-state index in [1.165, 1.54) is 0 Å². The molecule has 0 atom stereocenters. The number of aliphatic hydroxyl groups is 1. The number of amides is 1. The highest BCUT2D eigenvalue weighted by Crippen LogP contribution is 2.00. The molecule has 2 N–H and O–H groups in total. The van der Waals surface area contributed by atoms with Crippen LogP contribution in [0.25, 0.3) is 0 Å². The first kappa shape index (κ1) is 17.4. The summed E-state index contributed by atoms with van der Waals surface area (Å²) in [6.45, 7) is 2.62. The zero-order chi connectivity index (χ0) is 15.2. The van der Waals surface area contributed by atoms with Gasteiger partial charge in [0.15, 0.2) is 0 Å². The molecule has 0 radical (unpaired) electrons. The van der Waals surface area contributed by atoms with Crippen molar-refractivity contribution in [3.8, 4) is 0 Å². The lowest BCUT2D eigenvalue weighted by molar-refractivity contribution is 0.0325. The molecule has 0 spiro atoms. The topological polar surface area (TPSA) is 77.0 Å². The summed E-state index contributed by atoms with van der Waals surface area (Å²) >= 11 is 0. The monoisotopic (exact) mass is 297 g/mol. The fourth-order valence-electron chi connectivity index (χ4n) is 1.53. The average molecular weight is 297 g/mol. The molecule has 0 heterocycles. The van der Waals surface area contributed by atoms with Crippen molar-refractivity contribution in [2.24, 2.45) is 0 Å². The molecule has 6 nitrogen and oxygen atoms in total. The molecule has 1 rings (SSSR count). The van der Waals surface area contributed by atoms with Gasteiger partial charge < -0.3 is 24.6 Å². The zero-order valence-corrected chi connectivity index (χ0v) is 12.1. The standard InChI is InChI=1S/C15H23NO5/c17-8-10-20-12-11-19-9-4-7-16-15(18)21-13-14-5-2-1-3-6-14/h1-3,5-6,17H,4,7-13H2,(H,16,18). The van der Waals surface area contributed by atoms with Gasteiger partial charge in [-0.3, -0.25) is 0 Å². The molecule has 1 aromatic carbocycles. The average Bonchev–Trinajstić information content (AvgIpc) is 2.52. The number of hydrogen-bond donors (Lipinski definition) is 2. The van der Waals surface area contributed by atoms with Crippen LogP contribution in [0.4, 0.5) is 4.79 Å². The maximum absolute atomic E-state index is 11.4. The van der Waals surface area contributed by atoms with E-state index in [4.69, 9.17) is 19.3 Å². The number of nitrogens with one attached hydrogen (secondary N) is 1. The number of alkyl carbamates (subject to hydrolysis) is 1. The molecule has 0 aromatic heterocycles. The van der Waals surface area contributed by atoms with Crippen molar-refractivity contribution in [2.45, 2.75) is 13.0 Å². The number of carbonyl (C=O) groups excluding carboxylic acids is 1. The van der Waals surface area contributed by atoms with Crippen LogP contribution in [-0.4, -0.2) is 50.8 Å². The van der Waals surface area contributed by atoms with E-state index in [1.54, 1.807) is 0 Å². The molecule has 0 saturated heterocycles. The largest absolute Gasteiger partial charge is 0.445 e. The lowest BCUT2D eigenvalue weighted by Gasteiger charge is -2.07. The predicted octanol–water partition coefficient (Wildman–Crippen LogP) is 1.33. The molecule has 0 saturated carbocycles. The quantitative estimate of drug-likeness (QED) is 0.603. The van der Waals surface area contributed by atoms with Gasteiger partial charge in [0.1, 0.15) is 6.61 Å². The third-order valence-electron chi connectivity index (χ3n) is 2.56. The molecule has 0 aliphatic carbocycles. The molecular weight excluding hydrogens is 274 g/mol. The molecule has 1 amide bonds. The number of hydrogen-bond acceptors (Lipinski definition) is 5. The van der Waals surface area contributed by atoms with Crippen LogP contribution in [-0.2, 0) is 20.8 Å². The van der Waals surface area contributed by atoms with E-state index in [9.17, 15) is 4.79 Å². The van der Waals surface area contributed by atoms with Crippen molar-refractivity contribution < 1.29 is 24.1 Å². The third kappa shape index (κ3) is 9.84. The first-order valence-corrected chi connectivity index (χ1v) is 7.04. The molecular formula is C15H23NO5. The smallest absolute Gasteiger partial charge is 0.407 e. The molecule has 6 heteroatoms. The maximum atomic E-state index is 11.4. The first-order chi connectivity index (χ1) is 10.3. The summed E-state index contributed by atoms with van der Waals surface area (Å²) in [6, 6.07) is 9.52. The van der Waals surface area contributed by atoms with Crippen LogP contribution >= 0.6 is 0 Å². The normalized spacial score (nSPS) is 10.3. The molecule has 0 aliphatic rings. The minimum absolute atomic E-state index is 0.0228. The predicted molar refractivity (Wildman–Crippen MR) is 78.0 cm³/mol. The molecule has 118 valence electrons. The molecule has 0 unspecified atom stereocenters. The highest BCUT2D eigenvalue weighted by Gasteiger charge is 2.01. The van der Waals surface area contributed by atoms with E-state index in [0.717, 1.165) is 5.56 Å². The van der Waals surface area contributed by atoms with Gasteiger partial charge in [0, 0.05) is 13.2 Å². The fourth-order valence-corrected chi connectivity index (χ4v) is 1.53. The molecule has 21 heavy (non-hydrogen) atoms. The van der Waals surface area contributed by atoms with E-state index >= 15 is 0 Å². The molecule has 0 fully saturated rings. The van der Waals surface area contributed by atoms with Crippen molar-refractivity contribution in [1.82, 2.24) is 5.32 Å². The number of benzene rings is 1. The van der Waals surface area contributed by atoms with Crippen molar-refractivity contribution in [1.29, 1.82) is 0 Å². The Bertz CT molecular complexity index is 372. The molecule has 0 bridgehead atoms. The summed E-state index contributed by atoms with van der Waals surface area (Å²) in [5.74, 6) is 0. The van der Waals surface area contributed by atoms with Gasteiger partial charge in [-0.1, -0.05) is 30.3 Å². The maximum Gasteiger partial charge on any atom is 0.407 e. The van der Waals surface area contributed by atoms with Crippen LogP contribution in [0.15, 0.2) is 30.3 Å². The Kier molecular flexibility index (Phi) is 10.1. The Hall–Kier alpha value is -1.63. The molecule has 0 aliphatic heterocycles. The Balaban J connectivity index is 1.89. The van der Waals surface area contributed by atoms with Crippen LogP contribution < -0.4 is 5.32 Å². The van der Waals surface area contributed by atoms with Crippen molar-refractivity contribution in [3.05, 3.63) is 35.9 Å². The minimum atomic E-state index is -0.426. The third-order valence-corrected chi connectivity index (χ3v) is 2.56. The fraction of sp³-hybridized carbons (Fsp3) is 0.533. The lowest BCUT2D eigenvalue weighted by Crippen LogP contribution is -2.26. The highest BCUT2D eigenvalue weighted by atomic mass is 16.5. The Labute approximate surface area is 125 Å². The van der Waals surface area contributed by atoms with Gasteiger partial charge in [0.05, 0.1) is 26.4 Å². The SMILES string of the molecule is O=C(NCCCOCCOCCO)OCc1ccccc1. The molecule has 1 aromatic rings. The number of ether oxygens (including phenoxy) is 3. The second kappa shape index (κ2) is 12.1. The zero-order valence-electron chi connectivity index (χ0n) is 12.1. The Morgan fingerprint density at radius 2 is 1.76 bits per heavy atom. The summed E-state index contributed by atoms with van der Waals surface area (Å²) in [4.78, 5) is 11.4. The number of aliphatic hydroxyl groups excluding tert-OH is 1. The van der Waals surface area contributed by atoms with Crippen molar-refractivity contribution in [2.75, 3.05) is 39.6 Å². The summed E-state index contributed by atoms with van der Waals surface area (Å²) in [5.41, 5.74) is 0.957. The Morgan fingerprint density at radius 1 is 1.05 bits per heavy atom. The minimum Gasteiger partial charge on any atom is -0.445 e. The summed E-state index contributed by atoms with van der Waals surface area (Å²) in [6.07, 6.45) is 0.283. The van der Waals surface area contributed by atoms with Gasteiger partial charge >= 0.3 is 6.09 Å². The van der Waals surface area contributed by atoms with Gasteiger partial charge in [0.2, 0.25) is 0 Å². The number of carbonyl (C=O) groups is 1. The van der Waals surface area contributed by atoms with E-state index in [-0.39, 0.29) is 13.2 Å². The van der Waals surface area contributed by atoms with Gasteiger partial charge in [-0.2, -0.15) is 0 Å². The van der Waals surface area contributed by atoms with Gasteiger partial charge in [-0.05, 0) is 12.0 Å². The van der Waals surface area contributed by atoms with Crippen LogP contribution in [0.3, 0.4) is 0 Å². The Morgan fingerprint density at radius 3 is 2.48 bits per heavy atom. The first-order valence-electron chi connectivity index (χ1n) is 7.04. The van der Waals surface area contributed by atoms with Crippen LogP contribution in [0.5, 0.6) is 0 Å². The van der Waals surface area contributed by atoms with E-state index in [2.05, 4.69) is 5.32 Å². The van der Waals surface area contributed by atoms with Gasteiger partial charge in [-0.15, -0.1) is 0 Å². The van der Waals surface area contributed by atoms with Gasteiger partial charge in [-0.25, -0.2) is 4.79 Å². The summed E-state index contributed by atoms with van der Waals surface area (Å²) in [5, 5.41) is 11.1. The number of rotatable bonds is 11. The van der Waals surface area contributed by atoms with Crippen LogP contribution in [0.1, 0.15) is 12.0 Å². The summed E-state index contributed by atoms with van der Waals surface area (Å²) in [7, 11) is 0. The van der Waals surface area contributed by atoms with Gasteiger partial charge in [0.25, 0.3) is 0 Å². The van der Waals surface area contributed by atoms with E-state index in [0.29, 0.717) is 39.4 Å². The van der Waals surface area contributed by atoms with Crippen LogP contribution in [0, 0.1) is 0 Å². The van der Waals surface area contributed by atoms with Crippen LogP contribution in [0.2, 0.25) is 0 Å². The van der Waals surface area contributed by atoms with E-state index in [1.807, 2.05) is 30.3 Å². The van der Waals surface area contributed by atoms with Crippen molar-refractivity contribution >= 4 is 6.09 Å². The second-order valence-corrected chi connectivity index (χ2v) is 4.29. The lowest BCUT2D eigenvalue weighted by atomic mass is 10.2. The second-order valence-electron chi connectivity index (χ2n) is 4.29. The summed E-state index contributed by atoms with van der Waals surface area (Å²) < 4.78 is 15.4.